The number of hydrogen-bond acceptors (Lipinski definition) is 3. The number of aryl methyl sites for hydroxylation is 1. The predicted octanol–water partition coefficient (Wildman–Crippen LogP) is 1.08. The van der Waals surface area contributed by atoms with Crippen molar-refractivity contribution in [2.45, 2.75) is 19.3 Å². The molecule has 0 aromatic carbocycles. The van der Waals surface area contributed by atoms with Crippen LogP contribution in [0.1, 0.15) is 18.4 Å². The molecule has 1 aromatic heterocycles. The molecule has 0 spiro atoms. The largest absolute Gasteiger partial charge is 0.356 e. The van der Waals surface area contributed by atoms with E-state index in [9.17, 15) is 4.79 Å². The first-order chi connectivity index (χ1) is 8.18. The van der Waals surface area contributed by atoms with E-state index in [4.69, 9.17) is 0 Å². The summed E-state index contributed by atoms with van der Waals surface area (Å²) in [6, 6.07) is 3.89. The minimum atomic E-state index is 0.126. The van der Waals surface area contributed by atoms with Gasteiger partial charge in [-0.1, -0.05) is 0 Å². The molecular formula is C13H21N3O. The second-order valence-electron chi connectivity index (χ2n) is 4.36. The van der Waals surface area contributed by atoms with E-state index >= 15 is 0 Å². The van der Waals surface area contributed by atoms with Crippen molar-refractivity contribution in [2.24, 2.45) is 0 Å². The van der Waals surface area contributed by atoms with Crippen LogP contribution in [0.2, 0.25) is 0 Å². The summed E-state index contributed by atoms with van der Waals surface area (Å²) in [6.07, 6.45) is 5.83. The van der Waals surface area contributed by atoms with Gasteiger partial charge in [-0.25, -0.2) is 0 Å². The minimum absolute atomic E-state index is 0.126. The zero-order valence-electron chi connectivity index (χ0n) is 10.6. The highest BCUT2D eigenvalue weighted by molar-refractivity contribution is 5.76. The fraction of sp³-hybridized carbons (Fsp3) is 0.538. The average molecular weight is 235 g/mol. The molecule has 0 bridgehead atoms. The monoisotopic (exact) mass is 235 g/mol. The van der Waals surface area contributed by atoms with Crippen molar-refractivity contribution in [1.29, 1.82) is 0 Å². The van der Waals surface area contributed by atoms with Gasteiger partial charge in [-0.3, -0.25) is 9.78 Å². The highest BCUT2D eigenvalue weighted by Gasteiger charge is 2.01. The molecule has 0 atom stereocenters. The van der Waals surface area contributed by atoms with Gasteiger partial charge in [0.25, 0.3) is 0 Å². The Kier molecular flexibility index (Phi) is 6.25. The van der Waals surface area contributed by atoms with Crippen LogP contribution in [0.5, 0.6) is 0 Å². The summed E-state index contributed by atoms with van der Waals surface area (Å²) in [4.78, 5) is 17.6. The molecule has 1 rings (SSSR count). The van der Waals surface area contributed by atoms with Gasteiger partial charge in [-0.05, 0) is 51.2 Å². The van der Waals surface area contributed by atoms with Gasteiger partial charge >= 0.3 is 0 Å². The van der Waals surface area contributed by atoms with Crippen molar-refractivity contribution in [2.75, 3.05) is 27.2 Å². The van der Waals surface area contributed by atoms with Crippen LogP contribution in [0.3, 0.4) is 0 Å². The Hall–Kier alpha value is -1.42. The maximum atomic E-state index is 11.5. The highest BCUT2D eigenvalue weighted by atomic mass is 16.1. The Bertz CT molecular complexity index is 325. The lowest BCUT2D eigenvalue weighted by Gasteiger charge is -2.09. The van der Waals surface area contributed by atoms with Crippen LogP contribution in [0.4, 0.5) is 0 Å². The number of nitrogens with zero attached hydrogens (tertiary/aromatic N) is 2. The Morgan fingerprint density at radius 3 is 2.71 bits per heavy atom. The molecule has 0 saturated carbocycles. The molecule has 1 amide bonds. The van der Waals surface area contributed by atoms with Gasteiger partial charge in [-0.15, -0.1) is 0 Å². The van der Waals surface area contributed by atoms with Crippen LogP contribution in [0, 0.1) is 0 Å². The van der Waals surface area contributed by atoms with Gasteiger partial charge in [0.2, 0.25) is 5.91 Å². The number of pyridine rings is 1. The third kappa shape index (κ3) is 6.68. The lowest BCUT2D eigenvalue weighted by Crippen LogP contribution is -2.27. The normalized spacial score (nSPS) is 10.5. The lowest BCUT2D eigenvalue weighted by molar-refractivity contribution is -0.121. The maximum Gasteiger partial charge on any atom is 0.220 e. The van der Waals surface area contributed by atoms with E-state index in [0.29, 0.717) is 6.42 Å². The van der Waals surface area contributed by atoms with Crippen LogP contribution in [-0.2, 0) is 11.2 Å². The maximum absolute atomic E-state index is 11.5. The molecule has 0 fully saturated rings. The topological polar surface area (TPSA) is 45.2 Å². The second-order valence-corrected chi connectivity index (χ2v) is 4.36. The van der Waals surface area contributed by atoms with Crippen LogP contribution >= 0.6 is 0 Å². The quantitative estimate of drug-likeness (QED) is 0.719. The molecule has 1 aromatic rings. The van der Waals surface area contributed by atoms with Gasteiger partial charge in [-0.2, -0.15) is 0 Å². The molecule has 0 aliphatic carbocycles. The van der Waals surface area contributed by atoms with E-state index in [1.54, 1.807) is 12.4 Å². The smallest absolute Gasteiger partial charge is 0.220 e. The number of amides is 1. The number of hydrogen-bond donors (Lipinski definition) is 1. The molecule has 0 radical (unpaired) electrons. The minimum Gasteiger partial charge on any atom is -0.356 e. The van der Waals surface area contributed by atoms with Crippen molar-refractivity contribution in [3.63, 3.8) is 0 Å². The van der Waals surface area contributed by atoms with Crippen molar-refractivity contribution >= 4 is 5.91 Å². The Labute approximate surface area is 103 Å². The third-order valence-electron chi connectivity index (χ3n) is 2.49. The van der Waals surface area contributed by atoms with Crippen molar-refractivity contribution in [3.05, 3.63) is 30.1 Å². The van der Waals surface area contributed by atoms with Gasteiger partial charge < -0.3 is 10.2 Å². The van der Waals surface area contributed by atoms with E-state index in [1.165, 1.54) is 0 Å². The molecular weight excluding hydrogens is 214 g/mol. The van der Waals surface area contributed by atoms with Crippen LogP contribution in [0.25, 0.3) is 0 Å². The zero-order chi connectivity index (χ0) is 12.5. The molecule has 4 heteroatoms. The van der Waals surface area contributed by atoms with Gasteiger partial charge in [0.15, 0.2) is 0 Å². The van der Waals surface area contributed by atoms with E-state index in [2.05, 4.69) is 15.2 Å². The Morgan fingerprint density at radius 1 is 1.35 bits per heavy atom. The second kappa shape index (κ2) is 7.79. The fourth-order valence-electron chi connectivity index (χ4n) is 1.52. The van der Waals surface area contributed by atoms with Gasteiger partial charge in [0.05, 0.1) is 0 Å². The summed E-state index contributed by atoms with van der Waals surface area (Å²) in [5.74, 6) is 0.126. The molecule has 0 saturated heterocycles. The summed E-state index contributed by atoms with van der Waals surface area (Å²) < 4.78 is 0. The van der Waals surface area contributed by atoms with Crippen molar-refractivity contribution in [1.82, 2.24) is 15.2 Å². The molecule has 0 aliphatic heterocycles. The number of nitrogens with one attached hydrogen (secondary N) is 1. The van der Waals surface area contributed by atoms with Crippen LogP contribution in [-0.4, -0.2) is 43.0 Å². The molecule has 1 N–H and O–H groups in total. The number of carbonyl (C=O) groups excluding carboxylic acids is 1. The standard InChI is InChI=1S/C13H21N3O/c1-16(2)11-3-8-15-13(17)5-4-12-6-9-14-10-7-12/h6-7,9-10H,3-5,8,11H2,1-2H3,(H,15,17). The number of carbonyl (C=O) groups is 1. The van der Waals surface area contributed by atoms with Crippen LogP contribution < -0.4 is 5.32 Å². The summed E-state index contributed by atoms with van der Waals surface area (Å²) in [5, 5.41) is 2.93. The van der Waals surface area contributed by atoms with Gasteiger partial charge in [0.1, 0.15) is 0 Å². The fourth-order valence-corrected chi connectivity index (χ4v) is 1.52. The van der Waals surface area contributed by atoms with Crippen LogP contribution in [0.15, 0.2) is 24.5 Å². The summed E-state index contributed by atoms with van der Waals surface area (Å²) >= 11 is 0. The van der Waals surface area contributed by atoms with Gasteiger partial charge in [0, 0.05) is 25.4 Å². The predicted molar refractivity (Wildman–Crippen MR) is 68.7 cm³/mol. The molecule has 0 unspecified atom stereocenters. The third-order valence-corrected chi connectivity index (χ3v) is 2.49. The highest BCUT2D eigenvalue weighted by Crippen LogP contribution is 2.00. The van der Waals surface area contributed by atoms with Crippen molar-refractivity contribution < 1.29 is 4.79 Å². The first-order valence-corrected chi connectivity index (χ1v) is 5.99. The number of aromatic nitrogens is 1. The Balaban J connectivity index is 2.09. The molecule has 4 nitrogen and oxygen atoms in total. The SMILES string of the molecule is CN(C)CCCNC(=O)CCc1ccncc1. The first-order valence-electron chi connectivity index (χ1n) is 5.99. The summed E-state index contributed by atoms with van der Waals surface area (Å²) in [5.41, 5.74) is 1.16. The molecule has 94 valence electrons. The number of rotatable bonds is 7. The zero-order valence-corrected chi connectivity index (χ0v) is 10.6. The molecule has 17 heavy (non-hydrogen) atoms. The average Bonchev–Trinajstić information content (AvgIpc) is 2.33. The van der Waals surface area contributed by atoms with E-state index in [1.807, 2.05) is 26.2 Å². The van der Waals surface area contributed by atoms with E-state index in [0.717, 1.165) is 31.5 Å². The van der Waals surface area contributed by atoms with Crippen molar-refractivity contribution in [3.8, 4) is 0 Å². The lowest BCUT2D eigenvalue weighted by atomic mass is 10.1. The Morgan fingerprint density at radius 2 is 2.06 bits per heavy atom. The molecule has 0 aliphatic rings. The van der Waals surface area contributed by atoms with E-state index < -0.39 is 0 Å². The summed E-state index contributed by atoms with van der Waals surface area (Å²) in [6.45, 7) is 1.76. The molecule has 1 heterocycles. The van der Waals surface area contributed by atoms with E-state index in [-0.39, 0.29) is 5.91 Å². The summed E-state index contributed by atoms with van der Waals surface area (Å²) in [7, 11) is 4.07. The first kappa shape index (κ1) is 13.6.